The van der Waals surface area contributed by atoms with Gasteiger partial charge in [0.05, 0.1) is 12.2 Å². The van der Waals surface area contributed by atoms with E-state index in [9.17, 15) is 4.79 Å². The summed E-state index contributed by atoms with van der Waals surface area (Å²) in [6.07, 6.45) is 1.68. The topological polar surface area (TPSA) is 47.4 Å². The van der Waals surface area contributed by atoms with Crippen LogP contribution in [0.3, 0.4) is 0 Å². The van der Waals surface area contributed by atoms with Gasteiger partial charge in [-0.3, -0.25) is 4.68 Å². The second kappa shape index (κ2) is 4.87. The van der Waals surface area contributed by atoms with Crippen LogP contribution in [0.4, 0.5) is 4.79 Å². The quantitative estimate of drug-likeness (QED) is 0.723. The Bertz CT molecular complexity index is 486. The molecule has 0 bridgehead atoms. The SMILES string of the molecule is Cc1nn(C)c2c1CN(C(=O)OC(C)(C)C)CCC2. The highest BCUT2D eigenvalue weighted by Crippen LogP contribution is 2.22. The van der Waals surface area contributed by atoms with Crippen LogP contribution in [0.2, 0.25) is 0 Å². The van der Waals surface area contributed by atoms with Crippen LogP contribution in [0.15, 0.2) is 0 Å². The molecule has 1 aromatic rings. The summed E-state index contributed by atoms with van der Waals surface area (Å²) in [5, 5.41) is 4.44. The van der Waals surface area contributed by atoms with Crippen molar-refractivity contribution in [3.8, 4) is 0 Å². The van der Waals surface area contributed by atoms with Crippen molar-refractivity contribution in [1.82, 2.24) is 14.7 Å². The van der Waals surface area contributed by atoms with Crippen molar-refractivity contribution in [2.75, 3.05) is 6.54 Å². The molecule has 0 aliphatic carbocycles. The standard InChI is InChI=1S/C14H23N3O2/c1-10-11-9-17(13(18)19-14(2,3)4)8-6-7-12(11)16(5)15-10/h6-9H2,1-5H3. The van der Waals surface area contributed by atoms with E-state index < -0.39 is 5.60 Å². The van der Waals surface area contributed by atoms with E-state index in [2.05, 4.69) is 5.10 Å². The van der Waals surface area contributed by atoms with Crippen molar-refractivity contribution in [1.29, 1.82) is 0 Å². The van der Waals surface area contributed by atoms with Gasteiger partial charge in [0.2, 0.25) is 0 Å². The number of fused-ring (bicyclic) bond motifs is 1. The van der Waals surface area contributed by atoms with Gasteiger partial charge in [-0.25, -0.2) is 4.79 Å². The molecule has 0 aromatic carbocycles. The van der Waals surface area contributed by atoms with Crippen LogP contribution >= 0.6 is 0 Å². The van der Waals surface area contributed by atoms with Crippen LogP contribution in [0.25, 0.3) is 0 Å². The molecule has 106 valence electrons. The maximum Gasteiger partial charge on any atom is 0.410 e. The number of hydrogen-bond acceptors (Lipinski definition) is 3. The third-order valence-electron chi connectivity index (χ3n) is 3.32. The number of nitrogens with zero attached hydrogens (tertiary/aromatic N) is 3. The molecule has 1 aromatic heterocycles. The zero-order valence-corrected chi connectivity index (χ0v) is 12.5. The van der Waals surface area contributed by atoms with Crippen molar-refractivity contribution in [2.45, 2.75) is 52.7 Å². The highest BCUT2D eigenvalue weighted by molar-refractivity contribution is 5.68. The Morgan fingerprint density at radius 2 is 2.05 bits per heavy atom. The molecule has 1 aliphatic heterocycles. The smallest absolute Gasteiger partial charge is 0.410 e. The predicted octanol–water partition coefficient (Wildman–Crippen LogP) is 2.41. The number of ether oxygens (including phenoxy) is 1. The molecule has 2 rings (SSSR count). The van der Waals surface area contributed by atoms with Gasteiger partial charge >= 0.3 is 6.09 Å². The van der Waals surface area contributed by atoms with E-state index in [1.54, 1.807) is 4.90 Å². The van der Waals surface area contributed by atoms with Gasteiger partial charge in [-0.1, -0.05) is 0 Å². The third kappa shape index (κ3) is 3.08. The highest BCUT2D eigenvalue weighted by atomic mass is 16.6. The summed E-state index contributed by atoms with van der Waals surface area (Å²) in [5.41, 5.74) is 2.97. The second-order valence-corrected chi connectivity index (χ2v) is 6.14. The molecular weight excluding hydrogens is 242 g/mol. The third-order valence-corrected chi connectivity index (χ3v) is 3.32. The van der Waals surface area contributed by atoms with E-state index in [1.165, 1.54) is 11.3 Å². The average Bonchev–Trinajstić information content (AvgIpc) is 2.49. The molecule has 0 atom stereocenters. The predicted molar refractivity (Wildman–Crippen MR) is 72.9 cm³/mol. The Morgan fingerprint density at radius 3 is 2.68 bits per heavy atom. The minimum Gasteiger partial charge on any atom is -0.444 e. The number of hydrogen-bond donors (Lipinski definition) is 0. The van der Waals surface area contributed by atoms with E-state index >= 15 is 0 Å². The van der Waals surface area contributed by atoms with Crippen LogP contribution < -0.4 is 0 Å². The van der Waals surface area contributed by atoms with E-state index in [-0.39, 0.29) is 6.09 Å². The lowest BCUT2D eigenvalue weighted by molar-refractivity contribution is 0.0236. The van der Waals surface area contributed by atoms with Crippen LogP contribution in [-0.4, -0.2) is 32.9 Å². The average molecular weight is 265 g/mol. The van der Waals surface area contributed by atoms with Crippen molar-refractivity contribution < 1.29 is 9.53 Å². The summed E-state index contributed by atoms with van der Waals surface area (Å²) in [4.78, 5) is 14.0. The van der Waals surface area contributed by atoms with Gasteiger partial charge in [-0.05, 0) is 40.5 Å². The Hall–Kier alpha value is -1.52. The summed E-state index contributed by atoms with van der Waals surface area (Å²) in [6.45, 7) is 9.01. The largest absolute Gasteiger partial charge is 0.444 e. The van der Waals surface area contributed by atoms with Crippen LogP contribution in [0, 0.1) is 6.92 Å². The molecule has 0 N–H and O–H groups in total. The number of carbonyl (C=O) groups is 1. The van der Waals surface area contributed by atoms with Gasteiger partial charge in [-0.2, -0.15) is 5.10 Å². The summed E-state index contributed by atoms with van der Waals surface area (Å²) in [7, 11) is 1.97. The molecule has 0 saturated carbocycles. The normalized spacial score (nSPS) is 15.9. The van der Waals surface area contributed by atoms with Gasteiger partial charge in [0, 0.05) is 24.8 Å². The zero-order valence-electron chi connectivity index (χ0n) is 12.5. The molecule has 0 radical (unpaired) electrons. The lowest BCUT2D eigenvalue weighted by atomic mass is 10.1. The van der Waals surface area contributed by atoms with Crippen molar-refractivity contribution >= 4 is 6.09 Å². The number of aromatic nitrogens is 2. The van der Waals surface area contributed by atoms with Gasteiger partial charge in [-0.15, -0.1) is 0 Å². The number of aryl methyl sites for hydroxylation is 2. The van der Waals surface area contributed by atoms with Crippen LogP contribution in [0.1, 0.15) is 44.1 Å². The molecule has 1 aliphatic rings. The molecule has 2 heterocycles. The lowest BCUT2D eigenvalue weighted by Gasteiger charge is -2.26. The molecule has 5 heteroatoms. The Balaban J connectivity index is 2.18. The summed E-state index contributed by atoms with van der Waals surface area (Å²) < 4.78 is 7.39. The summed E-state index contributed by atoms with van der Waals surface area (Å²) in [5.74, 6) is 0. The molecule has 0 unspecified atom stereocenters. The molecular formula is C14H23N3O2. The van der Waals surface area contributed by atoms with E-state index in [1.807, 2.05) is 39.4 Å². The molecule has 1 amide bonds. The van der Waals surface area contributed by atoms with E-state index in [4.69, 9.17) is 4.74 Å². The first kappa shape index (κ1) is 13.9. The van der Waals surface area contributed by atoms with Gasteiger partial charge in [0.15, 0.2) is 0 Å². The molecule has 0 spiro atoms. The van der Waals surface area contributed by atoms with Crippen molar-refractivity contribution in [2.24, 2.45) is 7.05 Å². The first-order chi connectivity index (χ1) is 8.78. The summed E-state index contributed by atoms with van der Waals surface area (Å²) in [6, 6.07) is 0. The first-order valence-corrected chi connectivity index (χ1v) is 6.77. The summed E-state index contributed by atoms with van der Waals surface area (Å²) >= 11 is 0. The monoisotopic (exact) mass is 265 g/mol. The van der Waals surface area contributed by atoms with Crippen molar-refractivity contribution in [3.05, 3.63) is 17.0 Å². The second-order valence-electron chi connectivity index (χ2n) is 6.14. The van der Waals surface area contributed by atoms with Gasteiger partial charge < -0.3 is 9.64 Å². The Kier molecular flexibility index (Phi) is 3.56. The molecule has 19 heavy (non-hydrogen) atoms. The van der Waals surface area contributed by atoms with Crippen molar-refractivity contribution in [3.63, 3.8) is 0 Å². The number of carbonyl (C=O) groups excluding carboxylic acids is 1. The fourth-order valence-electron chi connectivity index (χ4n) is 2.46. The first-order valence-electron chi connectivity index (χ1n) is 6.77. The van der Waals surface area contributed by atoms with Gasteiger partial charge in [0.25, 0.3) is 0 Å². The molecule has 0 fully saturated rings. The highest BCUT2D eigenvalue weighted by Gasteiger charge is 2.26. The number of rotatable bonds is 0. The van der Waals surface area contributed by atoms with Crippen LogP contribution in [0.5, 0.6) is 0 Å². The van der Waals surface area contributed by atoms with E-state index in [0.717, 1.165) is 25.1 Å². The fraction of sp³-hybridized carbons (Fsp3) is 0.714. The zero-order chi connectivity index (χ0) is 14.2. The maximum atomic E-state index is 12.2. The van der Waals surface area contributed by atoms with E-state index in [0.29, 0.717) is 6.54 Å². The lowest BCUT2D eigenvalue weighted by Crippen LogP contribution is -2.36. The molecule has 5 nitrogen and oxygen atoms in total. The van der Waals surface area contributed by atoms with Gasteiger partial charge in [0.1, 0.15) is 5.60 Å². The minimum absolute atomic E-state index is 0.233. The fourth-order valence-corrected chi connectivity index (χ4v) is 2.46. The Morgan fingerprint density at radius 1 is 1.37 bits per heavy atom. The van der Waals surface area contributed by atoms with Crippen LogP contribution in [-0.2, 0) is 24.8 Å². The Labute approximate surface area is 114 Å². The molecule has 0 saturated heterocycles. The minimum atomic E-state index is -0.448. The maximum absolute atomic E-state index is 12.2. The number of amides is 1.